The van der Waals surface area contributed by atoms with E-state index in [-0.39, 0.29) is 0 Å². The minimum absolute atomic E-state index is 0.778. The maximum absolute atomic E-state index is 11.4. The van der Waals surface area contributed by atoms with Crippen molar-refractivity contribution in [2.75, 3.05) is 0 Å². The Kier molecular flexibility index (Phi) is 12.7. The van der Waals surface area contributed by atoms with E-state index in [2.05, 4.69) is 42.9 Å². The van der Waals surface area contributed by atoms with Crippen molar-refractivity contribution in [2.45, 2.75) is 82.8 Å². The molecule has 0 unspecified atom stereocenters. The highest BCUT2D eigenvalue weighted by atomic mass is 32.3. The van der Waals surface area contributed by atoms with Crippen molar-refractivity contribution in [2.24, 2.45) is 0 Å². The van der Waals surface area contributed by atoms with Crippen LogP contribution in [0.4, 0.5) is 26.3 Å². The number of halogens is 6. The van der Waals surface area contributed by atoms with Gasteiger partial charge in [0, 0.05) is 18.6 Å². The number of hydrogen-bond acceptors (Lipinski definition) is 4. The van der Waals surface area contributed by atoms with E-state index in [0.29, 0.717) is 0 Å². The summed E-state index contributed by atoms with van der Waals surface area (Å²) < 4.78 is 111. The molecule has 1 aromatic rings. The number of unbranched alkanes of at least 4 members (excludes halogenated alkanes) is 7. The Morgan fingerprint density at radius 2 is 1.12 bits per heavy atom. The highest BCUT2D eigenvalue weighted by molar-refractivity contribution is 8.13. The van der Waals surface area contributed by atoms with E-state index in [4.69, 9.17) is 0 Å². The molecule has 0 fully saturated rings. The van der Waals surface area contributed by atoms with Crippen molar-refractivity contribution in [1.82, 2.24) is 0 Å². The molecule has 1 heterocycles. The zero-order valence-electron chi connectivity index (χ0n) is 17.8. The molecular formula is C18H28F6N2O4S2. The molecule has 0 aliphatic carbocycles. The molecule has 0 saturated heterocycles. The Labute approximate surface area is 185 Å². The third-order valence-corrected chi connectivity index (χ3v) is 6.85. The van der Waals surface area contributed by atoms with Gasteiger partial charge in [-0.2, -0.15) is 26.3 Å². The molecule has 0 atom stereocenters. The number of aromatic nitrogens is 1. The third kappa shape index (κ3) is 12.0. The van der Waals surface area contributed by atoms with Crippen LogP contribution in [-0.2, 0) is 26.6 Å². The highest BCUT2D eigenvalue weighted by Crippen LogP contribution is 2.36. The Morgan fingerprint density at radius 1 is 0.750 bits per heavy atom. The first kappa shape index (κ1) is 30.6. The zero-order valence-corrected chi connectivity index (χ0v) is 19.4. The van der Waals surface area contributed by atoms with Gasteiger partial charge in [0.05, 0.1) is 0 Å². The molecule has 6 nitrogen and oxygen atoms in total. The topological polar surface area (TPSA) is 86.3 Å². The van der Waals surface area contributed by atoms with E-state index in [1.54, 1.807) is 0 Å². The van der Waals surface area contributed by atoms with E-state index in [1.165, 1.54) is 63.5 Å². The first-order chi connectivity index (χ1) is 14.5. The smallest absolute Gasteiger partial charge is 0.421 e. The summed E-state index contributed by atoms with van der Waals surface area (Å²) in [5.74, 6) is 0. The average molecular weight is 515 g/mol. The normalized spacial score (nSPS) is 12.9. The van der Waals surface area contributed by atoms with E-state index in [9.17, 15) is 43.2 Å². The summed E-state index contributed by atoms with van der Waals surface area (Å²) in [6, 6.07) is 4.37. The molecule has 32 heavy (non-hydrogen) atoms. The zero-order chi connectivity index (χ0) is 25.1. The number of nitrogens with zero attached hydrogens (tertiary/aromatic N) is 2. The lowest BCUT2D eigenvalue weighted by atomic mass is 10.1. The van der Waals surface area contributed by atoms with Crippen LogP contribution in [0.25, 0.3) is 4.13 Å². The number of aryl methyl sites for hydroxylation is 2. The highest BCUT2D eigenvalue weighted by Gasteiger charge is 2.46. The minimum Gasteiger partial charge on any atom is -0.421 e. The molecule has 0 radical (unpaired) electrons. The van der Waals surface area contributed by atoms with Crippen molar-refractivity contribution in [3.05, 3.63) is 34.2 Å². The summed E-state index contributed by atoms with van der Waals surface area (Å²) in [5.41, 5.74) is -11.1. The molecule has 0 N–H and O–H groups in total. The van der Waals surface area contributed by atoms with Crippen LogP contribution in [-0.4, -0.2) is 27.9 Å². The van der Waals surface area contributed by atoms with Crippen LogP contribution in [0.3, 0.4) is 0 Å². The predicted octanol–water partition coefficient (Wildman–Crippen LogP) is 5.48. The number of pyridine rings is 1. The van der Waals surface area contributed by atoms with Gasteiger partial charge in [0.2, 0.25) is 0 Å². The number of alkyl halides is 6. The first-order valence-electron chi connectivity index (χ1n) is 9.86. The fourth-order valence-electron chi connectivity index (χ4n) is 2.32. The van der Waals surface area contributed by atoms with E-state index >= 15 is 0 Å². The summed E-state index contributed by atoms with van der Waals surface area (Å²) in [7, 11) is -13.4. The quantitative estimate of drug-likeness (QED) is 0.222. The molecule has 188 valence electrons. The second kappa shape index (κ2) is 13.3. The summed E-state index contributed by atoms with van der Waals surface area (Å²) >= 11 is 0. The average Bonchev–Trinajstić information content (AvgIpc) is 2.63. The van der Waals surface area contributed by atoms with E-state index < -0.39 is 31.1 Å². The molecule has 1 rings (SSSR count). The molecule has 0 aromatic carbocycles. The molecule has 0 aliphatic heterocycles. The Hall–Kier alpha value is -1.41. The lowest BCUT2D eigenvalue weighted by Gasteiger charge is -2.22. The van der Waals surface area contributed by atoms with Crippen LogP contribution in [0.2, 0.25) is 0 Å². The van der Waals surface area contributed by atoms with Crippen molar-refractivity contribution in [3.8, 4) is 0 Å². The SMILES string of the molecule is CCCCCCCCCC[n+]1ccc(C)cc1.O=S(=O)([N-]S(=O)(=O)C(F)(F)F)C(F)(F)F. The predicted molar refractivity (Wildman–Crippen MR) is 107 cm³/mol. The van der Waals surface area contributed by atoms with Crippen LogP contribution >= 0.6 is 0 Å². The summed E-state index contributed by atoms with van der Waals surface area (Å²) in [6.45, 7) is 5.59. The van der Waals surface area contributed by atoms with Crippen LogP contribution in [0, 0.1) is 6.92 Å². The summed E-state index contributed by atoms with van der Waals surface area (Å²) in [4.78, 5) is 0. The lowest BCUT2D eigenvalue weighted by molar-refractivity contribution is -0.697. The van der Waals surface area contributed by atoms with Gasteiger partial charge in [0.15, 0.2) is 32.4 Å². The fourth-order valence-corrected chi connectivity index (χ4v) is 4.03. The van der Waals surface area contributed by atoms with Crippen molar-refractivity contribution < 1.29 is 47.7 Å². The monoisotopic (exact) mass is 514 g/mol. The van der Waals surface area contributed by atoms with Gasteiger partial charge in [-0.05, 0) is 18.9 Å². The Bertz CT molecular complexity index is 826. The third-order valence-electron chi connectivity index (χ3n) is 4.11. The number of rotatable bonds is 11. The van der Waals surface area contributed by atoms with Gasteiger partial charge >= 0.3 is 11.0 Å². The van der Waals surface area contributed by atoms with Crippen molar-refractivity contribution >= 4 is 20.0 Å². The van der Waals surface area contributed by atoms with Gasteiger partial charge in [-0.3, -0.25) is 0 Å². The largest absolute Gasteiger partial charge is 0.480 e. The van der Waals surface area contributed by atoms with E-state index in [1.807, 2.05) is 0 Å². The van der Waals surface area contributed by atoms with Crippen LogP contribution in [0.15, 0.2) is 24.5 Å². The Morgan fingerprint density at radius 3 is 1.50 bits per heavy atom. The number of hydrogen-bond donors (Lipinski definition) is 0. The van der Waals surface area contributed by atoms with Crippen molar-refractivity contribution in [1.29, 1.82) is 0 Å². The minimum atomic E-state index is -6.72. The molecule has 0 amide bonds. The van der Waals surface area contributed by atoms with Crippen LogP contribution in [0.1, 0.15) is 63.9 Å². The molecule has 1 aromatic heterocycles. The maximum Gasteiger partial charge on any atom is 0.480 e. The maximum atomic E-state index is 11.4. The van der Waals surface area contributed by atoms with Gasteiger partial charge in [0.1, 0.15) is 6.54 Å². The van der Waals surface area contributed by atoms with Crippen molar-refractivity contribution in [3.63, 3.8) is 0 Å². The molecule has 0 aliphatic rings. The van der Waals surface area contributed by atoms with Gasteiger partial charge < -0.3 is 4.13 Å². The van der Waals surface area contributed by atoms with Gasteiger partial charge in [0.25, 0.3) is 0 Å². The number of sulfonamides is 2. The first-order valence-corrected chi connectivity index (χ1v) is 12.7. The standard InChI is InChI=1S/C16H28N.C2F6NO4S2/c1-3-4-5-6-7-8-9-10-13-17-14-11-16(2)12-15-17;3-1(4,5)14(10,11)9-15(12,13)2(6,7)8/h11-12,14-15H,3-10,13H2,1-2H3;/q+1;-1. The van der Waals surface area contributed by atoms with Gasteiger partial charge in [-0.15, -0.1) is 0 Å². The molecule has 14 heteroatoms. The van der Waals surface area contributed by atoms with Crippen LogP contribution < -0.4 is 4.57 Å². The van der Waals surface area contributed by atoms with Crippen LogP contribution in [0.5, 0.6) is 0 Å². The summed E-state index contributed by atoms with van der Waals surface area (Å²) in [5, 5.41) is 0. The molecule has 0 spiro atoms. The van der Waals surface area contributed by atoms with E-state index in [0.717, 1.165) is 4.13 Å². The lowest BCUT2D eigenvalue weighted by Crippen LogP contribution is -2.32. The second-order valence-corrected chi connectivity index (χ2v) is 10.4. The second-order valence-electron chi connectivity index (χ2n) is 7.00. The van der Waals surface area contributed by atoms with Gasteiger partial charge in [-0.25, -0.2) is 21.4 Å². The molecular weight excluding hydrogens is 486 g/mol. The van der Waals surface area contributed by atoms with Gasteiger partial charge in [-0.1, -0.05) is 45.4 Å². The summed E-state index contributed by atoms with van der Waals surface area (Å²) in [6.07, 6.45) is 15.6. The molecule has 0 saturated carbocycles. The fraction of sp³-hybridized carbons (Fsp3) is 0.722. The molecule has 0 bridgehead atoms. The Balaban J connectivity index is 0.000000607.